The van der Waals surface area contributed by atoms with Crippen molar-refractivity contribution in [1.29, 1.82) is 0 Å². The van der Waals surface area contributed by atoms with Crippen molar-refractivity contribution in [2.45, 2.75) is 25.9 Å². The van der Waals surface area contributed by atoms with Crippen LogP contribution in [0.5, 0.6) is 0 Å². The van der Waals surface area contributed by atoms with Gasteiger partial charge < -0.3 is 4.42 Å². The van der Waals surface area contributed by atoms with E-state index in [-0.39, 0.29) is 17.3 Å². The Morgan fingerprint density at radius 1 is 1.20 bits per heavy atom. The zero-order valence-electron chi connectivity index (χ0n) is 16.6. The molecule has 1 N–H and O–H groups in total. The first kappa shape index (κ1) is 21.2. The van der Waals surface area contributed by atoms with E-state index in [9.17, 15) is 14.9 Å². The SMILES string of the molecule is Cc1cc(C)nc(SCC(=O)N/N=C/c2ccc(-c3ccc([N+](=O)[O-])cc3C)o2)n1. The summed E-state index contributed by atoms with van der Waals surface area (Å²) in [7, 11) is 0. The normalized spacial score (nSPS) is 11.0. The molecule has 3 aromatic rings. The van der Waals surface area contributed by atoms with Gasteiger partial charge in [0.2, 0.25) is 0 Å². The Balaban J connectivity index is 1.56. The molecule has 0 aliphatic carbocycles. The first-order valence-electron chi connectivity index (χ1n) is 8.94. The van der Waals surface area contributed by atoms with Crippen LogP contribution in [-0.2, 0) is 4.79 Å². The molecule has 154 valence electrons. The number of nitrogens with one attached hydrogen (secondary N) is 1. The molecule has 0 atom stereocenters. The van der Waals surface area contributed by atoms with E-state index in [0.717, 1.165) is 22.5 Å². The van der Waals surface area contributed by atoms with Crippen LogP contribution in [0.4, 0.5) is 5.69 Å². The molecule has 1 aromatic carbocycles. The lowest BCUT2D eigenvalue weighted by Crippen LogP contribution is -2.19. The molecule has 0 spiro atoms. The molecule has 0 radical (unpaired) electrons. The summed E-state index contributed by atoms with van der Waals surface area (Å²) in [5.74, 6) is 0.828. The van der Waals surface area contributed by atoms with Gasteiger partial charge in [-0.3, -0.25) is 14.9 Å². The predicted molar refractivity (Wildman–Crippen MR) is 114 cm³/mol. The van der Waals surface area contributed by atoms with E-state index in [2.05, 4.69) is 20.5 Å². The second-order valence-corrected chi connectivity index (χ2v) is 7.42. The summed E-state index contributed by atoms with van der Waals surface area (Å²) in [6, 6.07) is 9.86. The third-order valence-corrected chi connectivity index (χ3v) is 4.84. The van der Waals surface area contributed by atoms with E-state index in [0.29, 0.717) is 16.7 Å². The maximum absolute atomic E-state index is 11.9. The standard InChI is InChI=1S/C20H19N5O4S/c1-12-8-15(25(27)28)4-6-17(12)18-7-5-16(29-18)10-21-24-19(26)11-30-20-22-13(2)9-14(3)23-20/h4-10H,11H2,1-3H3,(H,24,26)/b21-10+. The molecule has 1 amide bonds. The maximum atomic E-state index is 11.9. The number of thioether (sulfide) groups is 1. The van der Waals surface area contributed by atoms with Crippen molar-refractivity contribution in [3.63, 3.8) is 0 Å². The number of hydrogen-bond acceptors (Lipinski definition) is 8. The summed E-state index contributed by atoms with van der Waals surface area (Å²) in [4.78, 5) is 30.9. The molecule has 0 aliphatic heterocycles. The summed E-state index contributed by atoms with van der Waals surface area (Å²) in [5, 5.41) is 15.3. The molecule has 2 heterocycles. The smallest absolute Gasteiger partial charge is 0.269 e. The van der Waals surface area contributed by atoms with Crippen LogP contribution < -0.4 is 5.43 Å². The molecular formula is C20H19N5O4S. The summed E-state index contributed by atoms with van der Waals surface area (Å²) in [6.45, 7) is 5.52. The van der Waals surface area contributed by atoms with Gasteiger partial charge in [-0.25, -0.2) is 15.4 Å². The van der Waals surface area contributed by atoms with Crippen molar-refractivity contribution in [3.8, 4) is 11.3 Å². The Morgan fingerprint density at radius 2 is 1.93 bits per heavy atom. The molecule has 0 unspecified atom stereocenters. The first-order chi connectivity index (χ1) is 14.3. The zero-order valence-corrected chi connectivity index (χ0v) is 17.4. The molecule has 30 heavy (non-hydrogen) atoms. The minimum atomic E-state index is -0.440. The minimum Gasteiger partial charge on any atom is -0.455 e. The van der Waals surface area contributed by atoms with Gasteiger partial charge in [0.1, 0.15) is 11.5 Å². The number of benzene rings is 1. The van der Waals surface area contributed by atoms with Gasteiger partial charge in [0, 0.05) is 29.1 Å². The third kappa shape index (κ3) is 5.51. The molecule has 3 rings (SSSR count). The molecule has 0 saturated heterocycles. The molecule has 0 saturated carbocycles. The van der Waals surface area contributed by atoms with Gasteiger partial charge in [-0.15, -0.1) is 0 Å². The highest BCUT2D eigenvalue weighted by molar-refractivity contribution is 7.99. The lowest BCUT2D eigenvalue weighted by Gasteiger charge is -2.02. The van der Waals surface area contributed by atoms with Crippen molar-refractivity contribution in [2.24, 2.45) is 5.10 Å². The summed E-state index contributed by atoms with van der Waals surface area (Å²) < 4.78 is 5.69. The number of carbonyl (C=O) groups excluding carboxylic acids is 1. The van der Waals surface area contributed by atoms with E-state index < -0.39 is 4.92 Å². The van der Waals surface area contributed by atoms with Crippen LogP contribution in [0.2, 0.25) is 0 Å². The minimum absolute atomic E-state index is 0.0244. The predicted octanol–water partition coefficient (Wildman–Crippen LogP) is 3.81. The van der Waals surface area contributed by atoms with E-state index >= 15 is 0 Å². The highest BCUT2D eigenvalue weighted by atomic mass is 32.2. The second kappa shape index (κ2) is 9.31. The number of aryl methyl sites for hydroxylation is 3. The number of carbonyl (C=O) groups is 1. The Labute approximate surface area is 176 Å². The van der Waals surface area contributed by atoms with Crippen molar-refractivity contribution in [3.05, 3.63) is 69.2 Å². The van der Waals surface area contributed by atoms with Gasteiger partial charge in [-0.2, -0.15) is 5.10 Å². The van der Waals surface area contributed by atoms with Crippen LogP contribution in [-0.4, -0.2) is 32.8 Å². The van der Waals surface area contributed by atoms with Crippen molar-refractivity contribution in [1.82, 2.24) is 15.4 Å². The van der Waals surface area contributed by atoms with Crippen molar-refractivity contribution < 1.29 is 14.1 Å². The van der Waals surface area contributed by atoms with Crippen molar-refractivity contribution in [2.75, 3.05) is 5.75 Å². The largest absolute Gasteiger partial charge is 0.455 e. The van der Waals surface area contributed by atoms with Crippen LogP contribution in [0.1, 0.15) is 22.7 Å². The Hall–Kier alpha value is -3.53. The quantitative estimate of drug-likeness (QED) is 0.201. The number of nitrogens with zero attached hydrogens (tertiary/aromatic N) is 4. The first-order valence-corrected chi connectivity index (χ1v) is 9.92. The summed E-state index contributed by atoms with van der Waals surface area (Å²) >= 11 is 1.23. The molecule has 0 fully saturated rings. The highest BCUT2D eigenvalue weighted by Gasteiger charge is 2.12. The van der Waals surface area contributed by atoms with E-state index in [4.69, 9.17) is 4.42 Å². The van der Waals surface area contributed by atoms with E-state index in [1.807, 2.05) is 19.9 Å². The van der Waals surface area contributed by atoms with Crippen molar-refractivity contribution >= 4 is 29.6 Å². The number of hydrogen-bond donors (Lipinski definition) is 1. The molecular weight excluding hydrogens is 406 g/mol. The molecule has 10 heteroatoms. The van der Waals surface area contributed by atoms with Gasteiger partial charge in [-0.05, 0) is 50.6 Å². The van der Waals surface area contributed by atoms with Gasteiger partial charge in [0.25, 0.3) is 11.6 Å². The van der Waals surface area contributed by atoms with E-state index in [1.165, 1.54) is 30.1 Å². The number of nitro benzene ring substituents is 1. The number of furan rings is 1. The van der Waals surface area contributed by atoms with Gasteiger partial charge in [0.05, 0.1) is 16.9 Å². The maximum Gasteiger partial charge on any atom is 0.269 e. The zero-order chi connectivity index (χ0) is 21.7. The van der Waals surface area contributed by atoms with Crippen LogP contribution in [0.3, 0.4) is 0 Å². The summed E-state index contributed by atoms with van der Waals surface area (Å²) in [6.07, 6.45) is 1.39. The Bertz CT molecular complexity index is 1110. The van der Waals surface area contributed by atoms with Gasteiger partial charge >= 0.3 is 0 Å². The van der Waals surface area contributed by atoms with Gasteiger partial charge in [-0.1, -0.05) is 11.8 Å². The fourth-order valence-electron chi connectivity index (χ4n) is 2.69. The second-order valence-electron chi connectivity index (χ2n) is 6.47. The summed E-state index contributed by atoms with van der Waals surface area (Å²) in [5.41, 5.74) is 5.62. The lowest BCUT2D eigenvalue weighted by atomic mass is 10.1. The molecule has 2 aromatic heterocycles. The Kier molecular flexibility index (Phi) is 6.58. The molecule has 9 nitrogen and oxygen atoms in total. The van der Waals surface area contributed by atoms with Crippen LogP contribution in [0.15, 0.2) is 51.1 Å². The monoisotopic (exact) mass is 425 g/mol. The topological polar surface area (TPSA) is 124 Å². The third-order valence-electron chi connectivity index (χ3n) is 3.99. The molecule has 0 aliphatic rings. The molecule has 0 bridgehead atoms. The number of rotatable bonds is 7. The average Bonchev–Trinajstić information content (AvgIpc) is 3.14. The lowest BCUT2D eigenvalue weighted by molar-refractivity contribution is -0.384. The van der Waals surface area contributed by atoms with Crippen LogP contribution in [0, 0.1) is 30.9 Å². The number of non-ortho nitro benzene ring substituents is 1. The number of nitro groups is 1. The number of aromatic nitrogens is 2. The van der Waals surface area contributed by atoms with Gasteiger partial charge in [0.15, 0.2) is 5.16 Å². The highest BCUT2D eigenvalue weighted by Crippen LogP contribution is 2.28. The van der Waals surface area contributed by atoms with E-state index in [1.54, 1.807) is 25.1 Å². The fraction of sp³-hybridized carbons (Fsp3) is 0.200. The number of hydrazone groups is 1. The number of amides is 1. The average molecular weight is 425 g/mol. The fourth-order valence-corrected chi connectivity index (χ4v) is 3.44. The Morgan fingerprint density at radius 3 is 2.60 bits per heavy atom. The van der Waals surface area contributed by atoms with Crippen LogP contribution >= 0.6 is 11.8 Å². The van der Waals surface area contributed by atoms with Crippen LogP contribution in [0.25, 0.3) is 11.3 Å².